The Balaban J connectivity index is 1.64. The molecule has 1 saturated heterocycles. The summed E-state index contributed by atoms with van der Waals surface area (Å²) in [5.74, 6) is -0.0452. The Labute approximate surface area is 196 Å². The number of Topliss-reactive ketones (excluding diaryl/α,β-unsaturated/α-hetero) is 1. The number of likely N-dealkylation sites (tertiary alicyclic amines) is 1. The highest BCUT2D eigenvalue weighted by Gasteiger charge is 2.46. The predicted octanol–water partition coefficient (Wildman–Crippen LogP) is 4.09. The highest BCUT2D eigenvalue weighted by molar-refractivity contribution is 6.46. The zero-order valence-corrected chi connectivity index (χ0v) is 18.6. The fourth-order valence-corrected chi connectivity index (χ4v) is 4.33. The summed E-state index contributed by atoms with van der Waals surface area (Å²) in [6, 6.07) is 20.8. The van der Waals surface area contributed by atoms with Crippen molar-refractivity contribution in [3.05, 3.63) is 95.1 Å². The van der Waals surface area contributed by atoms with Gasteiger partial charge in [-0.2, -0.15) is 0 Å². The number of hydrogen-bond donors (Lipinski definition) is 1. The first kappa shape index (κ1) is 21.6. The van der Waals surface area contributed by atoms with Crippen LogP contribution in [0.2, 0.25) is 0 Å². The summed E-state index contributed by atoms with van der Waals surface area (Å²) in [7, 11) is 1.55. The van der Waals surface area contributed by atoms with Crippen molar-refractivity contribution in [2.75, 3.05) is 20.3 Å². The summed E-state index contributed by atoms with van der Waals surface area (Å²) in [5.41, 5.74) is 1.92. The summed E-state index contributed by atoms with van der Waals surface area (Å²) in [6.45, 7) is 1.05. The minimum absolute atomic E-state index is 0.0193. The van der Waals surface area contributed by atoms with E-state index in [1.54, 1.807) is 43.5 Å². The van der Waals surface area contributed by atoms with E-state index in [0.717, 1.165) is 5.56 Å². The Bertz CT molecular complexity index is 1280. The summed E-state index contributed by atoms with van der Waals surface area (Å²) >= 11 is 0. The van der Waals surface area contributed by atoms with E-state index >= 15 is 0 Å². The zero-order chi connectivity index (χ0) is 23.7. The number of benzene rings is 3. The van der Waals surface area contributed by atoms with Crippen LogP contribution in [-0.2, 0) is 16.1 Å². The lowest BCUT2D eigenvalue weighted by molar-refractivity contribution is -0.140. The third-order valence-corrected chi connectivity index (χ3v) is 5.96. The molecule has 1 N–H and O–H groups in total. The van der Waals surface area contributed by atoms with Crippen molar-refractivity contribution in [1.82, 2.24) is 4.90 Å². The van der Waals surface area contributed by atoms with Crippen LogP contribution in [0, 0.1) is 0 Å². The maximum atomic E-state index is 13.3. The summed E-state index contributed by atoms with van der Waals surface area (Å²) in [5, 5.41) is 11.3. The molecule has 0 aromatic heterocycles. The number of carbonyl (C=O) groups excluding carboxylic acids is 2. The number of hydrogen-bond acceptors (Lipinski definition) is 6. The smallest absolute Gasteiger partial charge is 0.295 e. The van der Waals surface area contributed by atoms with Gasteiger partial charge in [0.1, 0.15) is 24.7 Å². The molecule has 1 fully saturated rings. The Hall–Kier alpha value is -4.26. The van der Waals surface area contributed by atoms with Crippen molar-refractivity contribution in [2.24, 2.45) is 0 Å². The number of ether oxygens (including phenoxy) is 3. The van der Waals surface area contributed by atoms with E-state index < -0.39 is 17.7 Å². The Morgan fingerprint density at radius 2 is 1.74 bits per heavy atom. The van der Waals surface area contributed by atoms with Crippen LogP contribution < -0.4 is 14.2 Å². The average Bonchev–Trinajstić information content (AvgIpc) is 3.13. The molecule has 1 atom stereocenters. The number of amides is 1. The molecule has 0 aliphatic carbocycles. The third-order valence-electron chi connectivity index (χ3n) is 5.96. The van der Waals surface area contributed by atoms with Crippen molar-refractivity contribution in [1.29, 1.82) is 0 Å². The first-order chi connectivity index (χ1) is 16.6. The molecule has 2 aliphatic rings. The molecule has 0 saturated carbocycles. The van der Waals surface area contributed by atoms with Crippen LogP contribution in [0.3, 0.4) is 0 Å². The van der Waals surface area contributed by atoms with Gasteiger partial charge in [0, 0.05) is 12.1 Å². The Morgan fingerprint density at radius 1 is 0.971 bits per heavy atom. The molecule has 34 heavy (non-hydrogen) atoms. The van der Waals surface area contributed by atoms with Crippen molar-refractivity contribution >= 4 is 17.4 Å². The fourth-order valence-electron chi connectivity index (χ4n) is 4.33. The summed E-state index contributed by atoms with van der Waals surface area (Å²) in [4.78, 5) is 27.9. The van der Waals surface area contributed by atoms with Crippen LogP contribution in [0.4, 0.5) is 0 Å². The van der Waals surface area contributed by atoms with Gasteiger partial charge in [-0.15, -0.1) is 0 Å². The monoisotopic (exact) mass is 457 g/mol. The number of carbonyl (C=O) groups is 2. The van der Waals surface area contributed by atoms with Crippen molar-refractivity contribution < 1.29 is 28.9 Å². The van der Waals surface area contributed by atoms with Crippen LogP contribution in [0.1, 0.15) is 22.7 Å². The Morgan fingerprint density at radius 3 is 2.50 bits per heavy atom. The lowest BCUT2D eigenvalue weighted by Crippen LogP contribution is -2.29. The molecule has 0 bridgehead atoms. The van der Waals surface area contributed by atoms with Gasteiger partial charge in [-0.3, -0.25) is 9.59 Å². The quantitative estimate of drug-likeness (QED) is 0.353. The molecule has 0 unspecified atom stereocenters. The molecule has 2 heterocycles. The van der Waals surface area contributed by atoms with E-state index in [-0.39, 0.29) is 17.9 Å². The molecule has 0 spiro atoms. The number of methoxy groups -OCH3 is 1. The lowest BCUT2D eigenvalue weighted by Gasteiger charge is -2.26. The van der Waals surface area contributed by atoms with Crippen LogP contribution in [0.15, 0.2) is 78.4 Å². The van der Waals surface area contributed by atoms with E-state index in [4.69, 9.17) is 14.2 Å². The standard InChI is InChI=1S/C27H23NO6/c1-32-20-9-5-8-18(14-20)24-23(25(29)19-10-11-21-22(15-19)34-13-12-33-21)26(30)27(31)28(24)16-17-6-3-2-4-7-17/h2-11,14-15,24,29H,12-13,16H2,1H3/t24-/m0/s1. The van der Waals surface area contributed by atoms with Crippen LogP contribution in [-0.4, -0.2) is 42.0 Å². The largest absolute Gasteiger partial charge is 0.507 e. The van der Waals surface area contributed by atoms with Crippen molar-refractivity contribution in [3.63, 3.8) is 0 Å². The van der Waals surface area contributed by atoms with Gasteiger partial charge in [-0.25, -0.2) is 0 Å². The molecule has 2 aliphatic heterocycles. The zero-order valence-electron chi connectivity index (χ0n) is 18.6. The number of nitrogens with zero attached hydrogens (tertiary/aromatic N) is 1. The maximum Gasteiger partial charge on any atom is 0.295 e. The minimum Gasteiger partial charge on any atom is -0.507 e. The normalized spacial score (nSPS) is 18.7. The second-order valence-corrected chi connectivity index (χ2v) is 8.05. The van der Waals surface area contributed by atoms with E-state index in [0.29, 0.717) is 41.6 Å². The summed E-state index contributed by atoms with van der Waals surface area (Å²) in [6.07, 6.45) is 0. The number of rotatable bonds is 5. The second-order valence-electron chi connectivity index (χ2n) is 8.05. The van der Waals surface area contributed by atoms with Crippen molar-refractivity contribution in [3.8, 4) is 17.2 Å². The first-order valence-corrected chi connectivity index (χ1v) is 10.9. The molecular formula is C27H23NO6. The molecule has 7 nitrogen and oxygen atoms in total. The van der Waals surface area contributed by atoms with Crippen molar-refractivity contribution in [2.45, 2.75) is 12.6 Å². The highest BCUT2D eigenvalue weighted by atomic mass is 16.6. The maximum absolute atomic E-state index is 13.3. The number of aliphatic hydroxyl groups is 1. The molecular weight excluding hydrogens is 434 g/mol. The van der Waals surface area contributed by atoms with Crippen LogP contribution in [0.25, 0.3) is 5.76 Å². The summed E-state index contributed by atoms with van der Waals surface area (Å²) < 4.78 is 16.6. The van der Waals surface area contributed by atoms with E-state index in [9.17, 15) is 14.7 Å². The average molecular weight is 457 g/mol. The number of aliphatic hydroxyl groups excluding tert-OH is 1. The van der Waals surface area contributed by atoms with Gasteiger partial charge in [-0.1, -0.05) is 42.5 Å². The van der Waals surface area contributed by atoms with Gasteiger partial charge in [0.15, 0.2) is 11.5 Å². The molecule has 3 aromatic carbocycles. The molecule has 3 aromatic rings. The SMILES string of the molecule is COc1cccc([C@H]2C(=C(O)c3ccc4c(c3)OCCO4)C(=O)C(=O)N2Cc2ccccc2)c1. The van der Waals surface area contributed by atoms with Crippen LogP contribution in [0.5, 0.6) is 17.2 Å². The van der Waals surface area contributed by atoms with Gasteiger partial charge in [0.25, 0.3) is 11.7 Å². The van der Waals surface area contributed by atoms with E-state index in [2.05, 4.69) is 0 Å². The number of ketones is 1. The van der Waals surface area contributed by atoms with Crippen LogP contribution >= 0.6 is 0 Å². The predicted molar refractivity (Wildman–Crippen MR) is 125 cm³/mol. The minimum atomic E-state index is -0.788. The Kier molecular flexibility index (Phi) is 5.67. The van der Waals surface area contributed by atoms with Gasteiger partial charge < -0.3 is 24.2 Å². The first-order valence-electron chi connectivity index (χ1n) is 10.9. The molecule has 5 rings (SSSR count). The van der Waals surface area contributed by atoms with E-state index in [1.807, 2.05) is 36.4 Å². The number of fused-ring (bicyclic) bond motifs is 1. The van der Waals surface area contributed by atoms with Gasteiger partial charge in [0.2, 0.25) is 0 Å². The topological polar surface area (TPSA) is 85.3 Å². The van der Waals surface area contributed by atoms with Gasteiger partial charge in [0.05, 0.1) is 18.7 Å². The molecule has 1 amide bonds. The second kappa shape index (κ2) is 8.94. The van der Waals surface area contributed by atoms with Gasteiger partial charge in [-0.05, 0) is 41.5 Å². The van der Waals surface area contributed by atoms with Gasteiger partial charge >= 0.3 is 0 Å². The fraction of sp³-hybridized carbons (Fsp3) is 0.185. The van der Waals surface area contributed by atoms with E-state index in [1.165, 1.54) is 4.90 Å². The highest BCUT2D eigenvalue weighted by Crippen LogP contribution is 2.42. The molecule has 7 heteroatoms. The third kappa shape index (κ3) is 3.85. The molecule has 0 radical (unpaired) electrons. The lowest BCUT2D eigenvalue weighted by atomic mass is 9.95. The molecule has 172 valence electrons.